The average Bonchev–Trinajstić information content (AvgIpc) is 3.11. The molecular weight excluding hydrogens is 202 g/mol. The van der Waals surface area contributed by atoms with E-state index in [1.807, 2.05) is 24.3 Å². The molecule has 0 N–H and O–H groups in total. The van der Waals surface area contributed by atoms with Gasteiger partial charge in [-0.2, -0.15) is 0 Å². The Hall–Kier alpha value is -1.67. The lowest BCUT2D eigenvalue weighted by Crippen LogP contribution is -1.99. The van der Waals surface area contributed by atoms with Crippen LogP contribution in [0.1, 0.15) is 18.4 Å². The number of nitrogens with zero attached hydrogens (tertiary/aromatic N) is 3. The zero-order chi connectivity index (χ0) is 11.2. The maximum Gasteiger partial charge on any atom is 0.119 e. The van der Waals surface area contributed by atoms with Crippen molar-refractivity contribution < 1.29 is 4.74 Å². The Morgan fingerprint density at radius 2 is 2.31 bits per heavy atom. The summed E-state index contributed by atoms with van der Waals surface area (Å²) in [6, 6.07) is 8.00. The zero-order valence-corrected chi connectivity index (χ0v) is 9.17. The number of hydrogen-bond donors (Lipinski definition) is 0. The van der Waals surface area contributed by atoms with Crippen molar-refractivity contribution in [2.45, 2.75) is 19.3 Å². The molecule has 2 rings (SSSR count). The minimum absolute atomic E-state index is 0.503. The van der Waals surface area contributed by atoms with E-state index in [4.69, 9.17) is 10.3 Å². The fourth-order valence-corrected chi connectivity index (χ4v) is 1.51. The molecule has 1 aliphatic carbocycles. The second kappa shape index (κ2) is 5.42. The summed E-state index contributed by atoms with van der Waals surface area (Å²) in [7, 11) is 0. The lowest BCUT2D eigenvalue weighted by molar-refractivity contribution is 0.299. The summed E-state index contributed by atoms with van der Waals surface area (Å²) >= 11 is 0. The third-order valence-electron chi connectivity index (χ3n) is 2.64. The van der Waals surface area contributed by atoms with Crippen LogP contribution in [0.3, 0.4) is 0 Å². The van der Waals surface area contributed by atoms with E-state index in [2.05, 4.69) is 10.0 Å². The van der Waals surface area contributed by atoms with E-state index >= 15 is 0 Å². The summed E-state index contributed by atoms with van der Waals surface area (Å²) in [6.07, 6.45) is 3.37. The Labute approximate surface area is 94.9 Å². The quantitative estimate of drug-likeness (QED) is 0.409. The highest BCUT2D eigenvalue weighted by molar-refractivity contribution is 5.28. The third kappa shape index (κ3) is 3.48. The minimum atomic E-state index is 0.503. The van der Waals surface area contributed by atoms with Crippen molar-refractivity contribution in [2.75, 3.05) is 13.2 Å². The Kier molecular flexibility index (Phi) is 3.67. The monoisotopic (exact) mass is 217 g/mol. The van der Waals surface area contributed by atoms with Gasteiger partial charge in [-0.05, 0) is 48.4 Å². The molecule has 1 aliphatic rings. The largest absolute Gasteiger partial charge is 0.493 e. The summed E-state index contributed by atoms with van der Waals surface area (Å²) in [4.78, 5) is 2.73. The first-order valence-corrected chi connectivity index (χ1v) is 5.61. The first-order valence-electron chi connectivity index (χ1n) is 5.61. The highest BCUT2D eigenvalue weighted by atomic mass is 16.5. The SMILES string of the molecule is [N-]=[N+]=NCCc1cccc(OCC2CC2)c1. The maximum atomic E-state index is 8.18. The van der Waals surface area contributed by atoms with E-state index in [9.17, 15) is 0 Å². The van der Waals surface area contributed by atoms with E-state index in [1.165, 1.54) is 12.8 Å². The van der Waals surface area contributed by atoms with E-state index in [0.717, 1.165) is 30.3 Å². The Bertz CT molecular complexity index is 395. The summed E-state index contributed by atoms with van der Waals surface area (Å²) < 4.78 is 5.67. The average molecular weight is 217 g/mol. The van der Waals surface area contributed by atoms with Gasteiger partial charge in [0.05, 0.1) is 6.61 Å². The molecule has 0 aromatic heterocycles. The van der Waals surface area contributed by atoms with Crippen LogP contribution in [0.15, 0.2) is 29.4 Å². The van der Waals surface area contributed by atoms with Crippen LogP contribution in [-0.2, 0) is 6.42 Å². The maximum absolute atomic E-state index is 8.18. The molecule has 4 heteroatoms. The number of hydrogen-bond acceptors (Lipinski definition) is 2. The van der Waals surface area contributed by atoms with Crippen LogP contribution in [0.5, 0.6) is 5.75 Å². The lowest BCUT2D eigenvalue weighted by atomic mass is 10.1. The van der Waals surface area contributed by atoms with Gasteiger partial charge in [0.15, 0.2) is 0 Å². The van der Waals surface area contributed by atoms with Gasteiger partial charge in [-0.1, -0.05) is 17.2 Å². The highest BCUT2D eigenvalue weighted by Crippen LogP contribution is 2.29. The van der Waals surface area contributed by atoms with Crippen molar-refractivity contribution in [3.8, 4) is 5.75 Å². The second-order valence-electron chi connectivity index (χ2n) is 4.11. The molecule has 0 heterocycles. The van der Waals surface area contributed by atoms with Crippen LogP contribution >= 0.6 is 0 Å². The van der Waals surface area contributed by atoms with Gasteiger partial charge in [-0.25, -0.2) is 0 Å². The molecule has 0 radical (unpaired) electrons. The van der Waals surface area contributed by atoms with Gasteiger partial charge in [0.2, 0.25) is 0 Å². The summed E-state index contributed by atoms with van der Waals surface area (Å²) in [5.41, 5.74) is 9.34. The normalized spacial score (nSPS) is 14.2. The molecule has 0 amide bonds. The summed E-state index contributed by atoms with van der Waals surface area (Å²) in [6.45, 7) is 1.34. The van der Waals surface area contributed by atoms with Gasteiger partial charge in [0.1, 0.15) is 5.75 Å². The van der Waals surface area contributed by atoms with Crippen molar-refractivity contribution in [3.05, 3.63) is 40.3 Å². The van der Waals surface area contributed by atoms with Crippen molar-refractivity contribution in [2.24, 2.45) is 11.0 Å². The van der Waals surface area contributed by atoms with Crippen molar-refractivity contribution >= 4 is 0 Å². The number of benzene rings is 1. The number of rotatable bonds is 6. The van der Waals surface area contributed by atoms with E-state index in [-0.39, 0.29) is 0 Å². The molecule has 0 atom stereocenters. The predicted molar refractivity (Wildman–Crippen MR) is 62.4 cm³/mol. The van der Waals surface area contributed by atoms with Gasteiger partial charge in [-0.15, -0.1) is 0 Å². The first-order chi connectivity index (χ1) is 7.88. The van der Waals surface area contributed by atoms with E-state index in [0.29, 0.717) is 6.54 Å². The van der Waals surface area contributed by atoms with Crippen molar-refractivity contribution in [1.82, 2.24) is 0 Å². The van der Waals surface area contributed by atoms with Crippen molar-refractivity contribution in [1.29, 1.82) is 0 Å². The fourth-order valence-electron chi connectivity index (χ4n) is 1.51. The zero-order valence-electron chi connectivity index (χ0n) is 9.17. The number of ether oxygens (including phenoxy) is 1. The molecule has 0 saturated heterocycles. The lowest BCUT2D eigenvalue weighted by Gasteiger charge is -2.06. The third-order valence-corrected chi connectivity index (χ3v) is 2.64. The van der Waals surface area contributed by atoms with Gasteiger partial charge in [0, 0.05) is 11.5 Å². The Balaban J connectivity index is 1.86. The Morgan fingerprint density at radius 1 is 1.44 bits per heavy atom. The van der Waals surface area contributed by atoms with Crippen LogP contribution < -0.4 is 4.74 Å². The van der Waals surface area contributed by atoms with Crippen LogP contribution in [0.4, 0.5) is 0 Å². The molecule has 84 valence electrons. The molecule has 16 heavy (non-hydrogen) atoms. The topological polar surface area (TPSA) is 58.0 Å². The fraction of sp³-hybridized carbons (Fsp3) is 0.500. The molecule has 1 aromatic carbocycles. The van der Waals surface area contributed by atoms with Gasteiger partial charge in [0.25, 0.3) is 0 Å². The summed E-state index contributed by atoms with van der Waals surface area (Å²) in [5, 5.41) is 3.52. The second-order valence-corrected chi connectivity index (χ2v) is 4.11. The molecule has 1 aromatic rings. The van der Waals surface area contributed by atoms with E-state index < -0.39 is 0 Å². The van der Waals surface area contributed by atoms with Gasteiger partial charge >= 0.3 is 0 Å². The smallest absolute Gasteiger partial charge is 0.119 e. The van der Waals surface area contributed by atoms with Crippen molar-refractivity contribution in [3.63, 3.8) is 0 Å². The minimum Gasteiger partial charge on any atom is -0.493 e. The number of azide groups is 1. The van der Waals surface area contributed by atoms with E-state index in [1.54, 1.807) is 0 Å². The molecule has 4 nitrogen and oxygen atoms in total. The highest BCUT2D eigenvalue weighted by Gasteiger charge is 2.21. The molecule has 1 saturated carbocycles. The molecule has 0 bridgehead atoms. The summed E-state index contributed by atoms with van der Waals surface area (Å²) in [5.74, 6) is 1.69. The molecule has 0 unspecified atom stereocenters. The first kappa shape index (κ1) is 10.8. The van der Waals surface area contributed by atoms with Gasteiger partial charge in [-0.3, -0.25) is 0 Å². The molecule has 1 fully saturated rings. The Morgan fingerprint density at radius 3 is 3.06 bits per heavy atom. The van der Waals surface area contributed by atoms with Crippen LogP contribution in [0, 0.1) is 5.92 Å². The molecule has 0 aliphatic heterocycles. The van der Waals surface area contributed by atoms with Gasteiger partial charge < -0.3 is 4.74 Å². The van der Waals surface area contributed by atoms with Crippen LogP contribution in [0.25, 0.3) is 10.4 Å². The standard InChI is InChI=1S/C12H15N3O/c13-15-14-7-6-10-2-1-3-12(8-10)16-9-11-4-5-11/h1-3,8,11H,4-7,9H2. The molecule has 0 spiro atoms. The van der Waals surface area contributed by atoms with Crippen LogP contribution in [0.2, 0.25) is 0 Å². The molecular formula is C12H15N3O. The predicted octanol–water partition coefficient (Wildman–Crippen LogP) is 3.33. The van der Waals surface area contributed by atoms with Crippen LogP contribution in [-0.4, -0.2) is 13.2 Å².